The lowest BCUT2D eigenvalue weighted by molar-refractivity contribution is -0.131. The van der Waals surface area contributed by atoms with Crippen molar-refractivity contribution in [3.05, 3.63) is 76.5 Å². The predicted molar refractivity (Wildman–Crippen MR) is 138 cm³/mol. The van der Waals surface area contributed by atoms with Crippen LogP contribution in [0.2, 0.25) is 0 Å². The Balaban J connectivity index is 1.20. The molecule has 0 radical (unpaired) electrons. The molecular weight excluding hydrogens is 453 g/mol. The van der Waals surface area contributed by atoms with Gasteiger partial charge in [0.05, 0.1) is 12.1 Å². The summed E-state index contributed by atoms with van der Waals surface area (Å²) in [7, 11) is 0. The van der Waals surface area contributed by atoms with Crippen molar-refractivity contribution in [2.24, 2.45) is 11.7 Å². The molecule has 1 amide bonds. The van der Waals surface area contributed by atoms with Crippen molar-refractivity contribution < 1.29 is 14.6 Å². The minimum atomic E-state index is -0.125. The van der Waals surface area contributed by atoms with Crippen molar-refractivity contribution in [1.29, 1.82) is 0 Å². The van der Waals surface area contributed by atoms with Gasteiger partial charge in [-0.15, -0.1) is 0 Å². The Morgan fingerprint density at radius 3 is 2.81 bits per heavy atom. The average Bonchev–Trinajstić information content (AvgIpc) is 3.14. The number of nitrogens with two attached hydrogens (primary N) is 2. The van der Waals surface area contributed by atoms with E-state index in [2.05, 4.69) is 9.88 Å². The number of amides is 1. The summed E-state index contributed by atoms with van der Waals surface area (Å²) in [5.41, 5.74) is 11.1. The third-order valence-corrected chi connectivity index (χ3v) is 8.42. The first kappa shape index (κ1) is 24.6. The van der Waals surface area contributed by atoms with E-state index < -0.39 is 0 Å². The second kappa shape index (κ2) is 10.5. The molecule has 0 aliphatic carbocycles. The number of hydrogen-bond donors (Lipinski definition) is 2. The lowest BCUT2D eigenvalue weighted by atomic mass is 9.86. The molecule has 1 unspecified atom stereocenters. The van der Waals surface area contributed by atoms with Gasteiger partial charge in [0.1, 0.15) is 5.82 Å². The van der Waals surface area contributed by atoms with Crippen LogP contribution in [0.4, 0.5) is 4.39 Å². The van der Waals surface area contributed by atoms with Gasteiger partial charge in [0, 0.05) is 66.7 Å². The monoisotopic (exact) mass is 490 g/mol. The molecule has 2 aromatic rings. The summed E-state index contributed by atoms with van der Waals surface area (Å²) in [6.07, 6.45) is 8.38. The summed E-state index contributed by atoms with van der Waals surface area (Å²) in [6, 6.07) is 11.9. The summed E-state index contributed by atoms with van der Waals surface area (Å²) in [5, 5.41) is 6.49. The maximum absolute atomic E-state index is 14.3. The first-order valence-electron chi connectivity index (χ1n) is 13.2. The lowest BCUT2D eigenvalue weighted by Gasteiger charge is -2.40. The number of pyridine rings is 1. The molecule has 2 bridgehead atoms. The van der Waals surface area contributed by atoms with Gasteiger partial charge in [-0.05, 0) is 63.1 Å². The Bertz CT molecular complexity index is 1180. The topological polar surface area (TPSA) is 88.0 Å². The van der Waals surface area contributed by atoms with Crippen LogP contribution in [0.1, 0.15) is 61.8 Å². The number of benzene rings is 1. The predicted octanol–water partition coefficient (Wildman–Crippen LogP) is 2.75. The van der Waals surface area contributed by atoms with Crippen molar-refractivity contribution in [3.63, 3.8) is 0 Å². The molecule has 190 valence electrons. The Morgan fingerprint density at radius 1 is 1.19 bits per heavy atom. The molecule has 0 saturated carbocycles. The van der Waals surface area contributed by atoms with Gasteiger partial charge in [0.2, 0.25) is 11.6 Å². The van der Waals surface area contributed by atoms with Crippen LogP contribution in [0.5, 0.6) is 0 Å². The second-order valence-electron chi connectivity index (χ2n) is 10.6. The molecule has 4 heterocycles. The van der Waals surface area contributed by atoms with E-state index in [1.165, 1.54) is 6.42 Å². The summed E-state index contributed by atoms with van der Waals surface area (Å²) in [4.78, 5) is 21.9. The molecule has 1 aromatic heterocycles. The van der Waals surface area contributed by atoms with Crippen LogP contribution in [0.3, 0.4) is 0 Å². The first-order chi connectivity index (χ1) is 17.4. The van der Waals surface area contributed by atoms with E-state index in [0.717, 1.165) is 53.8 Å². The number of aromatic nitrogens is 1. The second-order valence-corrected chi connectivity index (χ2v) is 10.6. The fourth-order valence-electron chi connectivity index (χ4n) is 6.39. The maximum atomic E-state index is 14.3. The number of nitrogens with zero attached hydrogens (tertiary/aromatic N) is 3. The number of hydrogen-bond acceptors (Lipinski definition) is 4. The number of carbonyl (C=O) groups is 1. The van der Waals surface area contributed by atoms with Crippen molar-refractivity contribution in [2.75, 3.05) is 13.1 Å². The van der Waals surface area contributed by atoms with Gasteiger partial charge in [-0.25, -0.2) is 4.39 Å². The van der Waals surface area contributed by atoms with E-state index in [0.29, 0.717) is 56.2 Å². The Labute approximate surface area is 212 Å². The van der Waals surface area contributed by atoms with E-state index >= 15 is 0 Å². The van der Waals surface area contributed by atoms with Gasteiger partial charge in [0.25, 0.3) is 0 Å². The Morgan fingerprint density at radius 2 is 2.00 bits per heavy atom. The van der Waals surface area contributed by atoms with Gasteiger partial charge in [-0.3, -0.25) is 20.1 Å². The molecule has 3 aliphatic rings. The van der Waals surface area contributed by atoms with E-state index in [9.17, 15) is 9.18 Å². The molecule has 2 saturated heterocycles. The highest BCUT2D eigenvalue weighted by Crippen LogP contribution is 2.42. The number of aryl methyl sites for hydroxylation is 1. The third kappa shape index (κ3) is 5.07. The van der Waals surface area contributed by atoms with E-state index in [4.69, 9.17) is 11.1 Å². The molecule has 1 aromatic carbocycles. The quantitative estimate of drug-likeness (QED) is 0.585. The van der Waals surface area contributed by atoms with Crippen LogP contribution in [0.25, 0.3) is 0 Å². The number of rotatable bonds is 7. The van der Waals surface area contributed by atoms with Crippen LogP contribution >= 0.6 is 0 Å². The summed E-state index contributed by atoms with van der Waals surface area (Å²) < 4.78 is 14.3. The van der Waals surface area contributed by atoms with E-state index in [1.54, 1.807) is 18.3 Å². The minimum absolute atomic E-state index is 0.125. The SMILES string of the molecule is Cc1cc(C(=[NH2+])C2=C(N)CCN(C(=O)CC[C@H]3CCC4CC[C@@H]3N4Cc3ccccc3F)C2)ccn1. The molecule has 2 fully saturated rings. The fraction of sp³-hybridized carbons (Fsp3) is 0.483. The van der Waals surface area contributed by atoms with Crippen LogP contribution in [0.15, 0.2) is 53.9 Å². The molecular formula is C29H37FN5O+. The Hall–Kier alpha value is -3.06. The highest BCUT2D eigenvalue weighted by molar-refractivity contribution is 6.09. The highest BCUT2D eigenvalue weighted by atomic mass is 19.1. The smallest absolute Gasteiger partial charge is 0.222 e. The van der Waals surface area contributed by atoms with Crippen molar-refractivity contribution >= 4 is 11.6 Å². The average molecular weight is 491 g/mol. The van der Waals surface area contributed by atoms with Crippen LogP contribution < -0.4 is 11.1 Å². The summed E-state index contributed by atoms with van der Waals surface area (Å²) in [5.74, 6) is 0.515. The zero-order valence-corrected chi connectivity index (χ0v) is 21.1. The number of halogens is 1. The van der Waals surface area contributed by atoms with Gasteiger partial charge in [-0.1, -0.05) is 18.2 Å². The largest absolute Gasteiger partial charge is 0.402 e. The Kier molecular flexibility index (Phi) is 7.19. The van der Waals surface area contributed by atoms with Crippen molar-refractivity contribution in [3.8, 4) is 0 Å². The van der Waals surface area contributed by atoms with E-state index in [-0.39, 0.29) is 11.7 Å². The van der Waals surface area contributed by atoms with Gasteiger partial charge >= 0.3 is 0 Å². The molecule has 7 heteroatoms. The molecule has 6 nitrogen and oxygen atoms in total. The summed E-state index contributed by atoms with van der Waals surface area (Å²) in [6.45, 7) is 3.68. The van der Waals surface area contributed by atoms with E-state index in [1.807, 2.05) is 36.1 Å². The molecule has 36 heavy (non-hydrogen) atoms. The zero-order valence-electron chi connectivity index (χ0n) is 21.1. The molecule has 3 aliphatic heterocycles. The molecule has 0 spiro atoms. The van der Waals surface area contributed by atoms with Crippen molar-refractivity contribution in [1.82, 2.24) is 14.8 Å². The highest BCUT2D eigenvalue weighted by Gasteiger charge is 2.42. The number of piperidine rings is 1. The third-order valence-electron chi connectivity index (χ3n) is 8.42. The lowest BCUT2D eigenvalue weighted by Crippen LogP contribution is -2.48. The number of carbonyl (C=O) groups excluding carboxylic acids is 1. The van der Waals surface area contributed by atoms with Crippen LogP contribution in [0, 0.1) is 18.7 Å². The minimum Gasteiger partial charge on any atom is -0.402 e. The maximum Gasteiger partial charge on any atom is 0.222 e. The first-order valence-corrected chi connectivity index (χ1v) is 13.2. The van der Waals surface area contributed by atoms with Crippen LogP contribution in [-0.2, 0) is 11.3 Å². The molecule has 5 rings (SSSR count). The fourth-order valence-corrected chi connectivity index (χ4v) is 6.39. The zero-order chi connectivity index (χ0) is 25.2. The van der Waals surface area contributed by atoms with Gasteiger partial charge in [-0.2, -0.15) is 0 Å². The van der Waals surface area contributed by atoms with Crippen molar-refractivity contribution in [2.45, 2.75) is 70.5 Å². The normalized spacial score (nSPS) is 24.3. The molecule has 4 N–H and O–H groups in total. The van der Waals surface area contributed by atoms with Crippen LogP contribution in [-0.4, -0.2) is 51.6 Å². The number of fused-ring (bicyclic) bond motifs is 2. The standard InChI is InChI=1S/C29H36FN5O/c1-19-16-21(12-14-33-19)29(32)24-18-34(15-13-26(24)31)28(36)11-7-20-6-8-23-9-10-27(20)35(23)17-22-4-2-3-5-25(22)30/h2-5,12,14,16,20,23,27,32H,6-11,13,15,17-18,31H2,1H3/p+1/t20-,23?,27+/m1/s1. The summed E-state index contributed by atoms with van der Waals surface area (Å²) >= 11 is 0. The van der Waals surface area contributed by atoms with Gasteiger partial charge in [0.15, 0.2) is 0 Å². The molecule has 3 atom stereocenters. The van der Waals surface area contributed by atoms with Gasteiger partial charge < -0.3 is 10.6 Å².